The van der Waals surface area contributed by atoms with Crippen molar-refractivity contribution in [3.05, 3.63) is 70.2 Å². The Bertz CT molecular complexity index is 687. The van der Waals surface area contributed by atoms with Crippen LogP contribution in [0.4, 0.5) is 0 Å². The molecule has 0 saturated carbocycles. The number of nitrogens with two attached hydrogens (primary N) is 1. The average Bonchev–Trinajstić information content (AvgIpc) is 2.92. The lowest BCUT2D eigenvalue weighted by Gasteiger charge is -2.17. The molecule has 0 aliphatic carbocycles. The van der Waals surface area contributed by atoms with Crippen molar-refractivity contribution in [3.8, 4) is 0 Å². The highest BCUT2D eigenvalue weighted by atomic mass is 35.5. The maximum absolute atomic E-state index is 12.6. The summed E-state index contributed by atoms with van der Waals surface area (Å²) in [4.78, 5) is 14.5. The van der Waals surface area contributed by atoms with Gasteiger partial charge in [-0.05, 0) is 30.2 Å². The Hall–Kier alpha value is -1.84. The molecule has 2 N–H and O–H groups in total. The van der Waals surface area contributed by atoms with E-state index in [0.717, 1.165) is 5.56 Å². The molecule has 0 bridgehead atoms. The fourth-order valence-corrected chi connectivity index (χ4v) is 3.14. The highest BCUT2D eigenvalue weighted by Gasteiger charge is 2.34. The second kappa shape index (κ2) is 6.11. The Balaban J connectivity index is 1.79. The van der Waals surface area contributed by atoms with Crippen LogP contribution >= 0.6 is 11.6 Å². The molecule has 2 atom stereocenters. The van der Waals surface area contributed by atoms with Gasteiger partial charge in [0.05, 0.1) is 0 Å². The third kappa shape index (κ3) is 2.87. The van der Waals surface area contributed by atoms with Crippen LogP contribution in [0, 0.1) is 6.92 Å². The van der Waals surface area contributed by atoms with Crippen LogP contribution in [-0.2, 0) is 0 Å². The van der Waals surface area contributed by atoms with E-state index in [1.807, 2.05) is 42.2 Å². The van der Waals surface area contributed by atoms with E-state index in [0.29, 0.717) is 23.7 Å². The average molecular weight is 315 g/mol. The van der Waals surface area contributed by atoms with Crippen molar-refractivity contribution in [3.63, 3.8) is 0 Å². The number of amides is 1. The van der Waals surface area contributed by atoms with Gasteiger partial charge in [-0.1, -0.05) is 48.0 Å². The lowest BCUT2D eigenvalue weighted by atomic mass is 9.95. The third-order valence-corrected chi connectivity index (χ3v) is 4.71. The molecule has 4 heteroatoms. The van der Waals surface area contributed by atoms with Gasteiger partial charge in [0.15, 0.2) is 0 Å². The van der Waals surface area contributed by atoms with Crippen molar-refractivity contribution < 1.29 is 4.79 Å². The molecular weight excluding hydrogens is 296 g/mol. The van der Waals surface area contributed by atoms with Gasteiger partial charge in [0.25, 0.3) is 5.91 Å². The van der Waals surface area contributed by atoms with E-state index in [1.54, 1.807) is 6.07 Å². The van der Waals surface area contributed by atoms with Crippen molar-refractivity contribution in [1.29, 1.82) is 0 Å². The number of likely N-dealkylation sites (tertiary alicyclic amines) is 1. The molecule has 1 aliphatic heterocycles. The van der Waals surface area contributed by atoms with Crippen LogP contribution in [0.3, 0.4) is 0 Å². The van der Waals surface area contributed by atoms with Gasteiger partial charge in [0.2, 0.25) is 0 Å². The number of halogens is 1. The number of hydrogen-bond donors (Lipinski definition) is 1. The van der Waals surface area contributed by atoms with Gasteiger partial charge in [0, 0.05) is 35.6 Å². The highest BCUT2D eigenvalue weighted by molar-refractivity contribution is 6.31. The van der Waals surface area contributed by atoms with Crippen molar-refractivity contribution in [1.82, 2.24) is 4.90 Å². The number of rotatable bonds is 2. The number of benzene rings is 2. The molecule has 2 aromatic rings. The minimum absolute atomic E-state index is 0.00391. The summed E-state index contributed by atoms with van der Waals surface area (Å²) in [7, 11) is 0. The van der Waals surface area contributed by atoms with Crippen LogP contribution < -0.4 is 5.73 Å². The summed E-state index contributed by atoms with van der Waals surface area (Å²) in [6, 6.07) is 15.5. The first-order valence-electron chi connectivity index (χ1n) is 7.42. The zero-order valence-electron chi connectivity index (χ0n) is 12.5. The smallest absolute Gasteiger partial charge is 0.253 e. The molecule has 3 nitrogen and oxygen atoms in total. The number of aryl methyl sites for hydroxylation is 1. The van der Waals surface area contributed by atoms with E-state index in [9.17, 15) is 4.79 Å². The number of nitrogens with zero attached hydrogens (tertiary/aromatic N) is 1. The summed E-state index contributed by atoms with van der Waals surface area (Å²) in [5, 5.41) is 0.619. The number of carbonyl (C=O) groups is 1. The van der Waals surface area contributed by atoms with Crippen molar-refractivity contribution in [2.24, 2.45) is 5.73 Å². The second-order valence-electron chi connectivity index (χ2n) is 5.86. The fraction of sp³-hybridized carbons (Fsp3) is 0.278. The molecule has 0 aromatic heterocycles. The van der Waals surface area contributed by atoms with E-state index in [-0.39, 0.29) is 17.9 Å². The van der Waals surface area contributed by atoms with Crippen molar-refractivity contribution >= 4 is 17.5 Å². The highest BCUT2D eigenvalue weighted by Crippen LogP contribution is 2.28. The van der Waals surface area contributed by atoms with Gasteiger partial charge in [0.1, 0.15) is 0 Å². The maximum atomic E-state index is 12.6. The normalized spacial score (nSPS) is 21.1. The lowest BCUT2D eigenvalue weighted by Crippen LogP contribution is -2.32. The van der Waals surface area contributed by atoms with Gasteiger partial charge < -0.3 is 10.6 Å². The molecule has 1 saturated heterocycles. The Morgan fingerprint density at radius 3 is 2.59 bits per heavy atom. The van der Waals surface area contributed by atoms with E-state index in [4.69, 9.17) is 17.3 Å². The zero-order chi connectivity index (χ0) is 15.7. The summed E-state index contributed by atoms with van der Waals surface area (Å²) < 4.78 is 0. The molecule has 22 heavy (non-hydrogen) atoms. The Morgan fingerprint density at radius 1 is 1.18 bits per heavy atom. The Morgan fingerprint density at radius 2 is 1.91 bits per heavy atom. The molecule has 0 unspecified atom stereocenters. The van der Waals surface area contributed by atoms with Crippen LogP contribution in [0.25, 0.3) is 0 Å². The lowest BCUT2D eigenvalue weighted by molar-refractivity contribution is 0.0789. The van der Waals surface area contributed by atoms with Crippen molar-refractivity contribution in [2.75, 3.05) is 13.1 Å². The van der Waals surface area contributed by atoms with Gasteiger partial charge in [-0.2, -0.15) is 0 Å². The van der Waals surface area contributed by atoms with Crippen molar-refractivity contribution in [2.45, 2.75) is 18.9 Å². The van der Waals surface area contributed by atoms with E-state index < -0.39 is 0 Å². The largest absolute Gasteiger partial charge is 0.336 e. The standard InChI is InChI=1S/C18H19ClN2O/c1-12-7-8-14(9-16(12)19)18(22)21-10-15(17(20)11-21)13-5-3-2-4-6-13/h2-9,15,17H,10-11,20H2,1H3/t15-,17+/m0/s1. The summed E-state index contributed by atoms with van der Waals surface area (Å²) in [6.45, 7) is 3.15. The minimum atomic E-state index is -0.0349. The third-order valence-electron chi connectivity index (χ3n) is 4.30. The van der Waals surface area contributed by atoms with E-state index in [1.165, 1.54) is 5.56 Å². The molecule has 3 rings (SSSR count). The topological polar surface area (TPSA) is 46.3 Å². The first kappa shape index (κ1) is 15.1. The van der Waals surface area contributed by atoms with Gasteiger partial charge >= 0.3 is 0 Å². The van der Waals surface area contributed by atoms with Crippen LogP contribution in [0.5, 0.6) is 0 Å². The van der Waals surface area contributed by atoms with Gasteiger partial charge in [-0.3, -0.25) is 4.79 Å². The van der Waals surface area contributed by atoms with Gasteiger partial charge in [-0.25, -0.2) is 0 Å². The number of hydrogen-bond acceptors (Lipinski definition) is 2. The predicted octanol–water partition coefficient (Wildman–Crippen LogP) is 3.22. The molecule has 1 amide bonds. The zero-order valence-corrected chi connectivity index (χ0v) is 13.3. The molecule has 2 aromatic carbocycles. The van der Waals surface area contributed by atoms with Crippen LogP contribution in [0.15, 0.2) is 48.5 Å². The fourth-order valence-electron chi connectivity index (χ4n) is 2.96. The Labute approximate surface area is 135 Å². The minimum Gasteiger partial charge on any atom is -0.336 e. The monoisotopic (exact) mass is 314 g/mol. The summed E-state index contributed by atoms with van der Waals surface area (Å²) in [5.74, 6) is 0.182. The SMILES string of the molecule is Cc1ccc(C(=O)N2C[C@@H](N)[C@H](c3ccccc3)C2)cc1Cl. The molecular formula is C18H19ClN2O. The molecule has 1 heterocycles. The maximum Gasteiger partial charge on any atom is 0.253 e. The van der Waals surface area contributed by atoms with Gasteiger partial charge in [-0.15, -0.1) is 0 Å². The molecule has 114 valence electrons. The van der Waals surface area contributed by atoms with E-state index in [2.05, 4.69) is 12.1 Å². The molecule has 1 aliphatic rings. The quantitative estimate of drug-likeness (QED) is 0.925. The van der Waals surface area contributed by atoms with Crippen LogP contribution in [0.1, 0.15) is 27.4 Å². The summed E-state index contributed by atoms with van der Waals surface area (Å²) >= 11 is 6.12. The Kier molecular flexibility index (Phi) is 4.19. The summed E-state index contributed by atoms with van der Waals surface area (Å²) in [5.41, 5.74) is 9.03. The van der Waals surface area contributed by atoms with Crippen LogP contribution in [0.2, 0.25) is 5.02 Å². The predicted molar refractivity (Wildman–Crippen MR) is 89.3 cm³/mol. The first-order valence-corrected chi connectivity index (χ1v) is 7.80. The molecule has 0 radical (unpaired) electrons. The second-order valence-corrected chi connectivity index (χ2v) is 6.26. The first-order chi connectivity index (χ1) is 10.6. The molecule has 0 spiro atoms. The van der Waals surface area contributed by atoms with E-state index >= 15 is 0 Å². The molecule has 1 fully saturated rings. The summed E-state index contributed by atoms with van der Waals surface area (Å²) in [6.07, 6.45) is 0. The van der Waals surface area contributed by atoms with Crippen LogP contribution in [-0.4, -0.2) is 29.9 Å². The number of carbonyl (C=O) groups excluding carboxylic acids is 1.